The van der Waals surface area contributed by atoms with E-state index in [1.54, 1.807) is 25.1 Å². The Hall–Kier alpha value is -2.64. The number of amides is 1. The summed E-state index contributed by atoms with van der Waals surface area (Å²) in [6.07, 6.45) is 1.04. The second-order valence-corrected chi connectivity index (χ2v) is 8.98. The first-order valence-corrected chi connectivity index (χ1v) is 10.2. The summed E-state index contributed by atoms with van der Waals surface area (Å²) in [6.45, 7) is 3.58. The van der Waals surface area contributed by atoms with Crippen molar-refractivity contribution in [1.29, 1.82) is 5.41 Å². The van der Waals surface area contributed by atoms with E-state index in [4.69, 9.17) is 17.0 Å². The highest BCUT2D eigenvalue weighted by molar-refractivity contribution is 6.34. The summed E-state index contributed by atoms with van der Waals surface area (Å²) in [5, 5.41) is 25.2. The van der Waals surface area contributed by atoms with Crippen LogP contribution in [0, 0.1) is 11.2 Å². The molecule has 4 N–H and O–H groups in total. The number of anilines is 2. The largest absolute Gasteiger partial charge is 0.390 e. The van der Waals surface area contributed by atoms with Crippen LogP contribution in [0.25, 0.3) is 0 Å². The van der Waals surface area contributed by atoms with E-state index in [2.05, 4.69) is 10.6 Å². The van der Waals surface area contributed by atoms with Crippen molar-refractivity contribution in [1.82, 2.24) is 10.2 Å². The molecular formula is C22H24ClFN4O2. The second-order valence-electron chi connectivity index (χ2n) is 8.60. The number of aliphatic hydroxyl groups is 1. The molecule has 0 unspecified atom stereocenters. The molecule has 2 aromatic carbocycles. The zero-order valence-corrected chi connectivity index (χ0v) is 17.6. The average molecular weight is 431 g/mol. The van der Waals surface area contributed by atoms with Gasteiger partial charge < -0.3 is 15.7 Å². The van der Waals surface area contributed by atoms with E-state index in [0.717, 1.165) is 0 Å². The van der Waals surface area contributed by atoms with Gasteiger partial charge in [-0.3, -0.25) is 15.1 Å². The van der Waals surface area contributed by atoms with Gasteiger partial charge >= 0.3 is 0 Å². The van der Waals surface area contributed by atoms with Crippen LogP contribution < -0.4 is 10.6 Å². The Labute approximate surface area is 179 Å². The molecule has 1 heterocycles. The van der Waals surface area contributed by atoms with E-state index in [1.807, 2.05) is 19.1 Å². The summed E-state index contributed by atoms with van der Waals surface area (Å²) >= 11 is 6.68. The van der Waals surface area contributed by atoms with Gasteiger partial charge in [0.05, 0.1) is 28.3 Å². The first kappa shape index (κ1) is 20.6. The molecule has 0 aromatic heterocycles. The molecule has 1 amide bonds. The van der Waals surface area contributed by atoms with E-state index >= 15 is 0 Å². The molecule has 6 nitrogen and oxygen atoms in total. The molecule has 2 aliphatic rings. The van der Waals surface area contributed by atoms with Crippen LogP contribution in [0.5, 0.6) is 0 Å². The molecule has 30 heavy (non-hydrogen) atoms. The maximum absolute atomic E-state index is 13.2. The van der Waals surface area contributed by atoms with Crippen molar-refractivity contribution < 1.29 is 14.3 Å². The molecule has 0 radical (unpaired) electrons. The van der Waals surface area contributed by atoms with E-state index in [9.17, 15) is 14.3 Å². The lowest BCUT2D eigenvalue weighted by Gasteiger charge is -2.50. The quantitative estimate of drug-likeness (QED) is 0.587. The fraction of sp³-hybridized carbons (Fsp3) is 0.364. The van der Waals surface area contributed by atoms with Crippen LogP contribution in [0.3, 0.4) is 0 Å². The van der Waals surface area contributed by atoms with Crippen LogP contribution in [0.15, 0.2) is 42.5 Å². The van der Waals surface area contributed by atoms with Crippen molar-refractivity contribution in [2.75, 3.05) is 5.32 Å². The molecule has 1 saturated carbocycles. The first-order chi connectivity index (χ1) is 14.1. The molecule has 2 fully saturated rings. The minimum Gasteiger partial charge on any atom is -0.390 e. The molecular weight excluding hydrogens is 407 g/mol. The van der Waals surface area contributed by atoms with Crippen LogP contribution in [-0.2, 0) is 10.3 Å². The first-order valence-electron chi connectivity index (χ1n) is 9.81. The zero-order valence-electron chi connectivity index (χ0n) is 16.8. The van der Waals surface area contributed by atoms with Gasteiger partial charge in [-0.05, 0) is 62.6 Å². The summed E-state index contributed by atoms with van der Waals surface area (Å²) in [7, 11) is 0. The number of nitrogens with one attached hydrogen (secondary N) is 3. The highest BCUT2D eigenvalue weighted by Crippen LogP contribution is 2.41. The minimum absolute atomic E-state index is 0.0159. The Morgan fingerprint density at radius 3 is 2.50 bits per heavy atom. The maximum Gasteiger partial charge on any atom is 0.232 e. The molecule has 1 saturated heterocycles. The van der Waals surface area contributed by atoms with E-state index in [-0.39, 0.29) is 30.1 Å². The van der Waals surface area contributed by atoms with Gasteiger partial charge in [0.2, 0.25) is 5.91 Å². The minimum atomic E-state index is -0.853. The topological polar surface area (TPSA) is 88.4 Å². The normalized spacial score (nSPS) is 28.7. The second kappa shape index (κ2) is 7.25. The highest BCUT2D eigenvalue weighted by Gasteiger charge is 2.49. The lowest BCUT2D eigenvalue weighted by molar-refractivity contribution is -0.139. The molecule has 2 aromatic rings. The molecule has 8 heteroatoms. The Kier molecular flexibility index (Phi) is 4.98. The van der Waals surface area contributed by atoms with E-state index in [1.165, 1.54) is 17.0 Å². The summed E-state index contributed by atoms with van der Waals surface area (Å²) in [6, 6.07) is 11.2. The number of carbonyl (C=O) groups is 1. The van der Waals surface area contributed by atoms with Crippen molar-refractivity contribution in [3.63, 3.8) is 0 Å². The van der Waals surface area contributed by atoms with E-state index < -0.39 is 11.1 Å². The third-order valence-electron chi connectivity index (χ3n) is 5.84. The number of benzene rings is 2. The van der Waals surface area contributed by atoms with Crippen molar-refractivity contribution >= 4 is 34.8 Å². The monoisotopic (exact) mass is 430 g/mol. The highest BCUT2D eigenvalue weighted by atomic mass is 35.5. The molecule has 1 atom stereocenters. The lowest BCUT2D eigenvalue weighted by Crippen LogP contribution is -2.66. The number of hydrogen-bond acceptors (Lipinski definition) is 4. The predicted octanol–water partition coefficient (Wildman–Crippen LogP) is 4.11. The van der Waals surface area contributed by atoms with Gasteiger partial charge in [0.15, 0.2) is 5.96 Å². The number of nitrogens with zero attached hydrogens (tertiary/aromatic N) is 1. The summed E-state index contributed by atoms with van der Waals surface area (Å²) in [5.41, 5.74) is 0.364. The Balaban J connectivity index is 1.57. The standard InChI is InChI=1S/C22H24ClFN4O2/c1-21(30)10-15(11-21)28-18(29)12-22(2,27-20(28)25)16-4-3-5-17(19(16)23)26-14-8-6-13(24)7-9-14/h3-9,15,26,30H,10-12H2,1-2H3,(H2,25,27)/t15?,21?,22-/m0/s1. The van der Waals surface area contributed by atoms with Gasteiger partial charge in [0.1, 0.15) is 5.82 Å². The van der Waals surface area contributed by atoms with Crippen LogP contribution in [0.4, 0.5) is 15.8 Å². The molecule has 0 spiro atoms. The van der Waals surface area contributed by atoms with Gasteiger partial charge in [0, 0.05) is 11.7 Å². The number of rotatable bonds is 4. The van der Waals surface area contributed by atoms with Crippen LogP contribution in [0.2, 0.25) is 5.02 Å². The molecule has 158 valence electrons. The number of hydrogen-bond donors (Lipinski definition) is 4. The van der Waals surface area contributed by atoms with Crippen LogP contribution in [0.1, 0.15) is 38.7 Å². The summed E-state index contributed by atoms with van der Waals surface area (Å²) in [4.78, 5) is 14.4. The molecule has 1 aliphatic carbocycles. The Morgan fingerprint density at radius 2 is 1.90 bits per heavy atom. The molecule has 4 rings (SSSR count). The third-order valence-corrected chi connectivity index (χ3v) is 6.25. The van der Waals surface area contributed by atoms with Gasteiger partial charge in [-0.25, -0.2) is 4.39 Å². The van der Waals surface area contributed by atoms with Crippen molar-refractivity contribution in [2.24, 2.45) is 0 Å². The molecule has 0 bridgehead atoms. The fourth-order valence-electron chi connectivity index (χ4n) is 4.31. The predicted molar refractivity (Wildman–Crippen MR) is 114 cm³/mol. The number of guanidine groups is 1. The lowest BCUT2D eigenvalue weighted by atomic mass is 9.75. The van der Waals surface area contributed by atoms with Crippen molar-refractivity contribution in [3.05, 3.63) is 58.9 Å². The van der Waals surface area contributed by atoms with Crippen molar-refractivity contribution in [2.45, 2.75) is 50.3 Å². The Bertz CT molecular complexity index is 983. The Morgan fingerprint density at radius 1 is 1.23 bits per heavy atom. The smallest absolute Gasteiger partial charge is 0.232 e. The van der Waals surface area contributed by atoms with Gasteiger partial charge in [-0.2, -0.15) is 0 Å². The van der Waals surface area contributed by atoms with E-state index in [0.29, 0.717) is 34.8 Å². The summed E-state index contributed by atoms with van der Waals surface area (Å²) in [5.74, 6) is -0.481. The summed E-state index contributed by atoms with van der Waals surface area (Å²) < 4.78 is 13.2. The van der Waals surface area contributed by atoms with Gasteiger partial charge in [-0.1, -0.05) is 23.7 Å². The van der Waals surface area contributed by atoms with Gasteiger partial charge in [0.25, 0.3) is 0 Å². The SMILES string of the molecule is CC1(O)CC(N2C(=N)N[C@](C)(c3cccc(Nc4ccc(F)cc4)c3Cl)CC2=O)C1. The average Bonchev–Trinajstić information content (AvgIpc) is 2.63. The third kappa shape index (κ3) is 3.75. The van der Waals surface area contributed by atoms with Gasteiger partial charge in [-0.15, -0.1) is 0 Å². The fourth-order valence-corrected chi connectivity index (χ4v) is 4.69. The maximum atomic E-state index is 13.2. The number of halogens is 2. The van der Waals surface area contributed by atoms with Crippen LogP contribution in [-0.4, -0.2) is 33.5 Å². The number of carbonyl (C=O) groups excluding carboxylic acids is 1. The molecule has 1 aliphatic heterocycles. The van der Waals surface area contributed by atoms with Crippen molar-refractivity contribution in [3.8, 4) is 0 Å². The van der Waals surface area contributed by atoms with Crippen LogP contribution >= 0.6 is 11.6 Å². The zero-order chi connectivity index (χ0) is 21.7.